The Balaban J connectivity index is 0. The zero-order chi connectivity index (χ0) is 0. The van der Waals surface area contributed by atoms with Gasteiger partial charge in [0.05, 0.1) is 0 Å². The Morgan fingerprint density at radius 2 is 0.750 bits per heavy atom. The molecule has 0 atom stereocenters. The number of rotatable bonds is 0. The van der Waals surface area contributed by atoms with E-state index in [1.165, 1.54) is 0 Å². The third-order valence-electron chi connectivity index (χ3n) is 0. The predicted octanol–water partition coefficient (Wildman–Crippen LogP) is -2.22. The molecule has 0 amide bonds. The molecule has 0 aromatic rings. The molecule has 0 aliphatic heterocycles. The smallest absolute Gasteiger partial charge is 0 e. The summed E-state index contributed by atoms with van der Waals surface area (Å²) in [6.07, 6.45) is 0. The van der Waals surface area contributed by atoms with E-state index in [2.05, 4.69) is 0 Å². The molecule has 0 nitrogen and oxygen atoms in total. The van der Waals surface area contributed by atoms with Gasteiger partial charge >= 0.3 is 17.6 Å². The van der Waals surface area contributed by atoms with Gasteiger partial charge in [0.15, 0.2) is 0 Å². The molecule has 0 aliphatic carbocycles. The molecular weight excluding hydrogens is 285 g/mol. The van der Waals surface area contributed by atoms with Crippen molar-refractivity contribution in [3.05, 3.63) is 0 Å². The first kappa shape index (κ1) is 36.0. The Kier molecular flexibility index (Phi) is 175. The molecule has 0 fully saturated rings. The summed E-state index contributed by atoms with van der Waals surface area (Å²) in [5.41, 5.74) is 0. The zero-order valence-electron chi connectivity index (χ0n) is 1.19. The van der Waals surface area contributed by atoms with Crippen LogP contribution in [0.15, 0.2) is 0 Å². The van der Waals surface area contributed by atoms with Gasteiger partial charge in [-0.3, -0.25) is 0 Å². The monoisotopic (exact) mass is 293 g/mol. The van der Waals surface area contributed by atoms with Crippen LogP contribution in [-0.4, -0.2) is 51.7 Å². The van der Waals surface area contributed by atoms with Crippen molar-refractivity contribution >= 4 is 51.7 Å². The zero-order valence-corrected chi connectivity index (χ0v) is 5.80. The second-order valence-electron chi connectivity index (χ2n) is 0. The van der Waals surface area contributed by atoms with Crippen LogP contribution < -0.4 is 0 Å². The topological polar surface area (TPSA) is 0 Å². The van der Waals surface area contributed by atoms with Gasteiger partial charge in [-0.1, -0.05) is 0 Å². The molecule has 0 saturated carbocycles. The summed E-state index contributed by atoms with van der Waals surface area (Å²) < 4.78 is 0. The minimum atomic E-state index is 0. The van der Waals surface area contributed by atoms with E-state index in [0.717, 1.165) is 0 Å². The molecule has 0 rings (SSSR count). The van der Waals surface area contributed by atoms with Gasteiger partial charge < -0.3 is 0 Å². The van der Waals surface area contributed by atoms with E-state index < -0.39 is 0 Å². The van der Waals surface area contributed by atoms with E-state index in [0.29, 0.717) is 0 Å². The Hall–Kier alpha value is 2.10. The van der Waals surface area contributed by atoms with E-state index in [1.807, 2.05) is 0 Å². The molecule has 0 saturated heterocycles. The van der Waals surface area contributed by atoms with Crippen LogP contribution in [0.2, 0.25) is 0 Å². The van der Waals surface area contributed by atoms with E-state index in [9.17, 15) is 0 Å². The van der Waals surface area contributed by atoms with Gasteiger partial charge in [0.25, 0.3) is 0 Å². The molecule has 5 radical (unpaired) electrons. The third-order valence-corrected chi connectivity index (χ3v) is 0. The van der Waals surface area contributed by atoms with Crippen LogP contribution in [0, 0.1) is 0 Å². The first-order valence-electron chi connectivity index (χ1n) is 0. The van der Waals surface area contributed by atoms with E-state index in [4.69, 9.17) is 0 Å². The van der Waals surface area contributed by atoms with Crippen molar-refractivity contribution in [1.29, 1.82) is 0 Å². The Morgan fingerprint density at radius 1 is 0.750 bits per heavy atom. The minimum Gasteiger partial charge on any atom is 0 e. The van der Waals surface area contributed by atoms with Crippen molar-refractivity contribution in [3.8, 4) is 0 Å². The van der Waals surface area contributed by atoms with Gasteiger partial charge in [-0.15, -0.1) is 0 Å². The fraction of sp³-hybridized carbons (Fsp3) is 0. The van der Waals surface area contributed by atoms with Crippen LogP contribution >= 0.6 is 0 Å². The van der Waals surface area contributed by atoms with Crippen LogP contribution in [0.4, 0.5) is 0 Å². The molecule has 0 unspecified atom stereocenters. The largest absolute Gasteiger partial charge is 0 e. The van der Waals surface area contributed by atoms with Gasteiger partial charge in [0.2, 0.25) is 0 Å². The maximum absolute atomic E-state index is 0. The van der Waals surface area contributed by atoms with Crippen molar-refractivity contribution in [2.24, 2.45) is 0 Å². The second-order valence-corrected chi connectivity index (χ2v) is 0. The third kappa shape index (κ3) is 8.93. The molecule has 0 bridgehead atoms. The minimum absolute atomic E-state index is 0. The summed E-state index contributed by atoms with van der Waals surface area (Å²) in [6.45, 7) is 0. The van der Waals surface area contributed by atoms with Crippen LogP contribution in [0.25, 0.3) is 0 Å². The number of hydrogen-bond donors (Lipinski definition) is 0. The molecule has 0 heterocycles. The van der Waals surface area contributed by atoms with Crippen LogP contribution in [0.5, 0.6) is 0 Å². The Labute approximate surface area is 68.3 Å². The van der Waals surface area contributed by atoms with Crippen molar-refractivity contribution in [1.82, 2.24) is 0 Å². The molecule has 0 aromatic carbocycles. The molecular formula is H4GeMnSe2. The molecule has 0 aliphatic rings. The summed E-state index contributed by atoms with van der Waals surface area (Å²) in [6, 6.07) is 0. The molecule has 4 heavy (non-hydrogen) atoms. The van der Waals surface area contributed by atoms with Crippen molar-refractivity contribution in [2.75, 3.05) is 0 Å². The maximum atomic E-state index is 0. The summed E-state index contributed by atoms with van der Waals surface area (Å²) in [7, 11) is 0. The fourth-order valence-electron chi connectivity index (χ4n) is 0. The van der Waals surface area contributed by atoms with Crippen LogP contribution in [0.3, 0.4) is 0 Å². The van der Waals surface area contributed by atoms with Crippen LogP contribution in [-0.2, 0) is 17.1 Å². The van der Waals surface area contributed by atoms with Gasteiger partial charge in [-0.2, -0.15) is 0 Å². The van der Waals surface area contributed by atoms with Gasteiger partial charge in [-0.05, 0) is 0 Å². The van der Waals surface area contributed by atoms with Gasteiger partial charge in [-0.25, -0.2) is 0 Å². The maximum Gasteiger partial charge on any atom is 0 e. The van der Waals surface area contributed by atoms with E-state index in [1.54, 1.807) is 0 Å². The molecule has 4 heteroatoms. The normalized spacial score (nSPS) is 0. The first-order valence-corrected chi connectivity index (χ1v) is 0. The Bertz CT molecular complexity index is 6.00. The summed E-state index contributed by atoms with van der Waals surface area (Å²) >= 11 is 0. The van der Waals surface area contributed by atoms with Crippen molar-refractivity contribution in [2.45, 2.75) is 0 Å². The Morgan fingerprint density at radius 3 is 0.750 bits per heavy atom. The molecule has 0 aromatic heterocycles. The average Bonchev–Trinajstić information content (AvgIpc) is 0. The molecule has 0 N–H and O–H groups in total. The standard InChI is InChI=1S/GeH4.Mn.2Se/h1H4;;;. The quantitative estimate of drug-likeness (QED) is 0.444. The second kappa shape index (κ2) is 19.4. The van der Waals surface area contributed by atoms with Gasteiger partial charge in [0.1, 0.15) is 0 Å². The van der Waals surface area contributed by atoms with Crippen molar-refractivity contribution < 1.29 is 17.1 Å². The molecule has 27 valence electrons. The summed E-state index contributed by atoms with van der Waals surface area (Å²) in [5, 5.41) is 0. The first-order chi connectivity index (χ1) is 0. The number of hydrogen-bond acceptors (Lipinski definition) is 0. The van der Waals surface area contributed by atoms with E-state index in [-0.39, 0.29) is 68.8 Å². The summed E-state index contributed by atoms with van der Waals surface area (Å²) in [5.74, 6) is 0. The van der Waals surface area contributed by atoms with Crippen molar-refractivity contribution in [3.63, 3.8) is 0 Å². The van der Waals surface area contributed by atoms with E-state index >= 15 is 0 Å². The van der Waals surface area contributed by atoms with Gasteiger partial charge in [0, 0.05) is 51.2 Å². The average molecular weight is 289 g/mol. The predicted molar refractivity (Wildman–Crippen MR) is 22.8 cm³/mol. The SMILES string of the molecule is [GeH4].[Mn].[Se].[Se]. The molecule has 0 spiro atoms. The van der Waals surface area contributed by atoms with Crippen LogP contribution in [0.1, 0.15) is 0 Å². The fourth-order valence-corrected chi connectivity index (χ4v) is 0. The summed E-state index contributed by atoms with van der Waals surface area (Å²) in [4.78, 5) is 0.